The zero-order valence-electron chi connectivity index (χ0n) is 17.6. The van der Waals surface area contributed by atoms with Gasteiger partial charge in [0.15, 0.2) is 5.16 Å². The molecule has 7 heteroatoms. The number of rotatable bonds is 5. The average Bonchev–Trinajstić information content (AvgIpc) is 3.18. The molecule has 0 saturated carbocycles. The second kappa shape index (κ2) is 8.16. The highest BCUT2D eigenvalue weighted by Crippen LogP contribution is 2.31. The molecule has 32 heavy (non-hydrogen) atoms. The SMILES string of the molecule is COc1ccc(C)cc1-n1c(SCc2ccc(F)cc2)nc2c([nH]c3ccccc32)c1=O. The number of H-pyrrole nitrogens is 1. The van der Waals surface area contributed by atoms with Gasteiger partial charge in [0, 0.05) is 16.7 Å². The fourth-order valence-electron chi connectivity index (χ4n) is 3.75. The van der Waals surface area contributed by atoms with Crippen LogP contribution in [-0.4, -0.2) is 21.6 Å². The van der Waals surface area contributed by atoms with Crippen molar-refractivity contribution in [3.63, 3.8) is 0 Å². The van der Waals surface area contributed by atoms with E-state index < -0.39 is 0 Å². The van der Waals surface area contributed by atoms with Gasteiger partial charge in [-0.2, -0.15) is 0 Å². The van der Waals surface area contributed by atoms with Crippen LogP contribution in [0, 0.1) is 12.7 Å². The molecule has 0 aliphatic heterocycles. The minimum absolute atomic E-state index is 0.197. The third-order valence-corrected chi connectivity index (χ3v) is 6.36. The lowest BCUT2D eigenvalue weighted by molar-refractivity contribution is 0.411. The summed E-state index contributed by atoms with van der Waals surface area (Å²) in [6, 6.07) is 19.8. The molecule has 5 aromatic rings. The fourth-order valence-corrected chi connectivity index (χ4v) is 4.71. The smallest absolute Gasteiger partial charge is 0.283 e. The lowest BCUT2D eigenvalue weighted by Gasteiger charge is -2.15. The molecule has 0 radical (unpaired) electrons. The number of nitrogens with one attached hydrogen (secondary N) is 1. The molecular formula is C25H20FN3O2S. The Bertz CT molecular complexity index is 1510. The van der Waals surface area contributed by atoms with Gasteiger partial charge in [0.25, 0.3) is 5.56 Å². The first-order valence-electron chi connectivity index (χ1n) is 10.1. The number of thioether (sulfide) groups is 1. The zero-order valence-corrected chi connectivity index (χ0v) is 18.4. The largest absolute Gasteiger partial charge is 0.495 e. The maximum atomic E-state index is 13.7. The van der Waals surface area contributed by atoms with Gasteiger partial charge in [-0.1, -0.05) is 48.2 Å². The summed E-state index contributed by atoms with van der Waals surface area (Å²) in [6.07, 6.45) is 0. The molecule has 0 saturated heterocycles. The van der Waals surface area contributed by atoms with Gasteiger partial charge in [-0.25, -0.2) is 13.9 Å². The van der Waals surface area contributed by atoms with Gasteiger partial charge in [0.05, 0.1) is 12.8 Å². The predicted octanol–water partition coefficient (Wildman–Crippen LogP) is 5.62. The molecule has 0 aliphatic carbocycles. The van der Waals surface area contributed by atoms with E-state index >= 15 is 0 Å². The number of ether oxygens (including phenoxy) is 1. The summed E-state index contributed by atoms with van der Waals surface area (Å²) >= 11 is 1.43. The Labute approximate surface area is 187 Å². The second-order valence-corrected chi connectivity index (χ2v) is 8.46. The standard InChI is InChI=1S/C25H20FN3O2S/c1-15-7-12-21(31-2)20(13-15)29-24(30)23-22(18-5-3-4-6-19(18)27-23)28-25(29)32-14-16-8-10-17(26)11-9-16/h3-13,27H,14H2,1-2H3. The van der Waals surface area contributed by atoms with E-state index in [0.29, 0.717) is 33.4 Å². The number of aromatic nitrogens is 3. The Kier molecular flexibility index (Phi) is 5.19. The van der Waals surface area contributed by atoms with Crippen LogP contribution >= 0.6 is 11.8 Å². The number of hydrogen-bond donors (Lipinski definition) is 1. The van der Waals surface area contributed by atoms with Gasteiger partial charge in [-0.3, -0.25) is 4.79 Å². The number of halogens is 1. The summed E-state index contributed by atoms with van der Waals surface area (Å²) in [4.78, 5) is 21.9. The van der Waals surface area contributed by atoms with Crippen molar-refractivity contribution in [2.75, 3.05) is 7.11 Å². The van der Waals surface area contributed by atoms with Crippen molar-refractivity contribution in [3.05, 3.63) is 94.0 Å². The summed E-state index contributed by atoms with van der Waals surface area (Å²) in [5.41, 5.74) is 4.31. The number of para-hydroxylation sites is 1. The van der Waals surface area contributed by atoms with Crippen LogP contribution in [-0.2, 0) is 5.75 Å². The monoisotopic (exact) mass is 445 g/mol. The predicted molar refractivity (Wildman–Crippen MR) is 126 cm³/mol. The van der Waals surface area contributed by atoms with Crippen LogP contribution in [0.2, 0.25) is 0 Å². The van der Waals surface area contributed by atoms with Crippen LogP contribution in [0.25, 0.3) is 27.6 Å². The molecule has 0 unspecified atom stereocenters. The zero-order chi connectivity index (χ0) is 22.2. The van der Waals surface area contributed by atoms with Crippen molar-refractivity contribution in [2.45, 2.75) is 17.8 Å². The van der Waals surface area contributed by atoms with Gasteiger partial charge >= 0.3 is 0 Å². The third kappa shape index (κ3) is 3.54. The molecule has 160 valence electrons. The molecule has 5 rings (SSSR count). The first-order valence-corrected chi connectivity index (χ1v) is 11.1. The molecule has 0 atom stereocenters. The van der Waals surface area contributed by atoms with Crippen molar-refractivity contribution < 1.29 is 9.13 Å². The topological polar surface area (TPSA) is 59.9 Å². The molecule has 0 bridgehead atoms. The van der Waals surface area contributed by atoms with Crippen LogP contribution in [0.4, 0.5) is 4.39 Å². The number of aromatic amines is 1. The number of fused-ring (bicyclic) bond motifs is 3. The van der Waals surface area contributed by atoms with Gasteiger partial charge in [-0.15, -0.1) is 0 Å². The number of hydrogen-bond acceptors (Lipinski definition) is 4. The molecule has 0 fully saturated rings. The van der Waals surface area contributed by atoms with E-state index in [0.717, 1.165) is 22.0 Å². The minimum atomic E-state index is -0.279. The van der Waals surface area contributed by atoms with E-state index in [1.807, 2.05) is 49.4 Å². The summed E-state index contributed by atoms with van der Waals surface area (Å²) in [7, 11) is 1.58. The average molecular weight is 446 g/mol. The highest BCUT2D eigenvalue weighted by molar-refractivity contribution is 7.98. The van der Waals surface area contributed by atoms with Crippen molar-refractivity contribution in [3.8, 4) is 11.4 Å². The Morgan fingerprint density at radius 2 is 1.88 bits per heavy atom. The Balaban J connectivity index is 1.74. The third-order valence-electron chi connectivity index (χ3n) is 5.35. The molecule has 2 aromatic heterocycles. The lowest BCUT2D eigenvalue weighted by Crippen LogP contribution is -2.22. The molecule has 1 N–H and O–H groups in total. The highest BCUT2D eigenvalue weighted by Gasteiger charge is 2.19. The molecule has 0 aliphatic rings. The van der Waals surface area contributed by atoms with Crippen LogP contribution < -0.4 is 10.3 Å². The van der Waals surface area contributed by atoms with E-state index in [1.165, 1.54) is 23.9 Å². The van der Waals surface area contributed by atoms with Crippen molar-refractivity contribution in [1.82, 2.24) is 14.5 Å². The first-order chi connectivity index (χ1) is 15.5. The van der Waals surface area contributed by atoms with Gasteiger partial charge in [-0.05, 0) is 48.4 Å². The molecule has 0 amide bonds. The van der Waals surface area contributed by atoms with Gasteiger partial charge in [0.1, 0.15) is 22.6 Å². The minimum Gasteiger partial charge on any atom is -0.495 e. The van der Waals surface area contributed by atoms with E-state index in [9.17, 15) is 9.18 Å². The van der Waals surface area contributed by atoms with Crippen molar-refractivity contribution in [2.24, 2.45) is 0 Å². The van der Waals surface area contributed by atoms with Gasteiger partial charge < -0.3 is 9.72 Å². The summed E-state index contributed by atoms with van der Waals surface area (Å²) in [6.45, 7) is 1.97. The number of methoxy groups -OCH3 is 1. The number of benzene rings is 3. The van der Waals surface area contributed by atoms with Crippen LogP contribution in [0.15, 0.2) is 76.7 Å². The van der Waals surface area contributed by atoms with E-state index in [-0.39, 0.29) is 11.4 Å². The van der Waals surface area contributed by atoms with Crippen LogP contribution in [0.3, 0.4) is 0 Å². The summed E-state index contributed by atoms with van der Waals surface area (Å²) < 4.78 is 20.5. The van der Waals surface area contributed by atoms with E-state index in [1.54, 1.807) is 23.8 Å². The lowest BCUT2D eigenvalue weighted by atomic mass is 10.2. The first kappa shape index (κ1) is 20.3. The van der Waals surface area contributed by atoms with Crippen molar-refractivity contribution in [1.29, 1.82) is 0 Å². The molecule has 2 heterocycles. The van der Waals surface area contributed by atoms with Crippen molar-refractivity contribution >= 4 is 33.7 Å². The maximum absolute atomic E-state index is 13.7. The Morgan fingerprint density at radius 3 is 2.66 bits per heavy atom. The van der Waals surface area contributed by atoms with Gasteiger partial charge in [0.2, 0.25) is 0 Å². The number of aryl methyl sites for hydroxylation is 1. The van der Waals surface area contributed by atoms with E-state index in [2.05, 4.69) is 4.98 Å². The van der Waals surface area contributed by atoms with Crippen LogP contribution in [0.5, 0.6) is 5.75 Å². The molecular weight excluding hydrogens is 425 g/mol. The summed E-state index contributed by atoms with van der Waals surface area (Å²) in [5.74, 6) is 0.839. The quantitative estimate of drug-likeness (QED) is 0.282. The fraction of sp³-hybridized carbons (Fsp3) is 0.120. The molecule has 3 aromatic carbocycles. The summed E-state index contributed by atoms with van der Waals surface area (Å²) in [5, 5.41) is 1.44. The maximum Gasteiger partial charge on any atom is 0.283 e. The number of nitrogens with zero attached hydrogens (tertiary/aromatic N) is 2. The van der Waals surface area contributed by atoms with E-state index in [4.69, 9.17) is 9.72 Å². The highest BCUT2D eigenvalue weighted by atomic mass is 32.2. The molecule has 5 nitrogen and oxygen atoms in total. The second-order valence-electron chi connectivity index (χ2n) is 7.52. The Hall–Kier alpha value is -3.58. The normalized spacial score (nSPS) is 11.3. The van der Waals surface area contributed by atoms with Crippen LogP contribution in [0.1, 0.15) is 11.1 Å². The molecule has 0 spiro atoms. The Morgan fingerprint density at radius 1 is 1.09 bits per heavy atom.